The highest BCUT2D eigenvalue weighted by molar-refractivity contribution is 5.92. The highest BCUT2D eigenvalue weighted by Crippen LogP contribution is 2.36. The zero-order valence-electron chi connectivity index (χ0n) is 18.2. The van der Waals surface area contributed by atoms with Crippen molar-refractivity contribution in [2.75, 3.05) is 39.8 Å². The van der Waals surface area contributed by atoms with Gasteiger partial charge in [-0.15, -0.1) is 0 Å². The molecule has 1 aliphatic carbocycles. The van der Waals surface area contributed by atoms with Gasteiger partial charge in [-0.3, -0.25) is 9.59 Å². The van der Waals surface area contributed by atoms with E-state index in [0.717, 1.165) is 44.8 Å². The van der Waals surface area contributed by atoms with Crippen LogP contribution in [0, 0.1) is 11.3 Å². The molecular formula is C22H38N4O2. The van der Waals surface area contributed by atoms with Gasteiger partial charge in [-0.1, -0.05) is 20.8 Å². The maximum atomic E-state index is 13.1. The van der Waals surface area contributed by atoms with Crippen LogP contribution < -0.4 is 5.32 Å². The van der Waals surface area contributed by atoms with Gasteiger partial charge in [0.2, 0.25) is 11.8 Å². The fourth-order valence-electron chi connectivity index (χ4n) is 5.45. The van der Waals surface area contributed by atoms with E-state index in [9.17, 15) is 9.59 Å². The standard InChI is InChI=1S/C22H38N4O2/c1-21(2,3)15-24(4)17-11-18-20(28)23-22(12-19(27)26(18)14-17)7-9-25(10-8-22)13-16-5-6-16/h16-18H,5-15H2,1-4H3,(H,23,28)/t17-,18-/m0/s1. The molecule has 4 fully saturated rings. The number of amides is 2. The molecule has 1 saturated carbocycles. The molecule has 6 heteroatoms. The summed E-state index contributed by atoms with van der Waals surface area (Å²) in [6.45, 7) is 11.6. The minimum Gasteiger partial charge on any atom is -0.348 e. The largest absolute Gasteiger partial charge is 0.348 e. The number of hydrogen-bond donors (Lipinski definition) is 1. The van der Waals surface area contributed by atoms with Gasteiger partial charge in [0.05, 0.1) is 12.0 Å². The molecule has 4 rings (SSSR count). The van der Waals surface area contributed by atoms with E-state index in [0.29, 0.717) is 13.0 Å². The van der Waals surface area contributed by atoms with E-state index in [2.05, 4.69) is 42.9 Å². The Morgan fingerprint density at radius 3 is 2.46 bits per heavy atom. The van der Waals surface area contributed by atoms with E-state index in [-0.39, 0.29) is 34.9 Å². The molecule has 3 heterocycles. The molecule has 0 aromatic carbocycles. The van der Waals surface area contributed by atoms with Crippen molar-refractivity contribution in [1.82, 2.24) is 20.0 Å². The summed E-state index contributed by atoms with van der Waals surface area (Å²) in [5.41, 5.74) is -0.106. The number of likely N-dealkylation sites (N-methyl/N-ethyl adjacent to an activating group) is 1. The molecule has 2 atom stereocenters. The second kappa shape index (κ2) is 7.28. The van der Waals surface area contributed by atoms with E-state index >= 15 is 0 Å². The van der Waals surface area contributed by atoms with Crippen molar-refractivity contribution in [2.24, 2.45) is 11.3 Å². The summed E-state index contributed by atoms with van der Waals surface area (Å²) in [6.07, 6.45) is 5.79. The lowest BCUT2D eigenvalue weighted by atomic mass is 9.84. The highest BCUT2D eigenvalue weighted by Gasteiger charge is 2.49. The number of hydrogen-bond acceptors (Lipinski definition) is 4. The van der Waals surface area contributed by atoms with Crippen LogP contribution in [0.5, 0.6) is 0 Å². The molecule has 0 aromatic rings. The predicted octanol–water partition coefficient (Wildman–Crippen LogP) is 1.70. The van der Waals surface area contributed by atoms with Gasteiger partial charge in [-0.05, 0) is 50.5 Å². The molecule has 0 bridgehead atoms. The lowest BCUT2D eigenvalue weighted by molar-refractivity contribution is -0.135. The number of carbonyl (C=O) groups excluding carboxylic acids is 2. The molecule has 2 amide bonds. The van der Waals surface area contributed by atoms with E-state index in [1.165, 1.54) is 19.4 Å². The number of rotatable bonds is 4. The van der Waals surface area contributed by atoms with Crippen molar-refractivity contribution in [2.45, 2.75) is 76.9 Å². The summed E-state index contributed by atoms with van der Waals surface area (Å²) in [5.74, 6) is 1.14. The van der Waals surface area contributed by atoms with E-state index in [4.69, 9.17) is 0 Å². The van der Waals surface area contributed by atoms with Crippen LogP contribution in [0.15, 0.2) is 0 Å². The number of carbonyl (C=O) groups is 2. The van der Waals surface area contributed by atoms with Gasteiger partial charge in [-0.2, -0.15) is 0 Å². The number of fused-ring (bicyclic) bond motifs is 1. The molecule has 0 unspecified atom stereocenters. The molecule has 158 valence electrons. The fraction of sp³-hybridized carbons (Fsp3) is 0.909. The maximum absolute atomic E-state index is 13.1. The van der Waals surface area contributed by atoms with Crippen molar-refractivity contribution in [3.8, 4) is 0 Å². The van der Waals surface area contributed by atoms with Crippen molar-refractivity contribution >= 4 is 11.8 Å². The summed E-state index contributed by atoms with van der Waals surface area (Å²) in [7, 11) is 2.13. The van der Waals surface area contributed by atoms with Crippen LogP contribution >= 0.6 is 0 Å². The summed E-state index contributed by atoms with van der Waals surface area (Å²) < 4.78 is 0. The van der Waals surface area contributed by atoms with Gasteiger partial charge in [-0.25, -0.2) is 0 Å². The van der Waals surface area contributed by atoms with Gasteiger partial charge in [0.1, 0.15) is 6.04 Å². The van der Waals surface area contributed by atoms with Crippen LogP contribution in [0.4, 0.5) is 0 Å². The van der Waals surface area contributed by atoms with Gasteiger partial charge in [0.25, 0.3) is 0 Å². The van der Waals surface area contributed by atoms with Gasteiger partial charge < -0.3 is 20.0 Å². The first kappa shape index (κ1) is 20.1. The average molecular weight is 391 g/mol. The van der Waals surface area contributed by atoms with Crippen molar-refractivity contribution in [3.05, 3.63) is 0 Å². The van der Waals surface area contributed by atoms with Crippen LogP contribution in [0.1, 0.15) is 59.3 Å². The third-order valence-electron chi connectivity index (χ3n) is 7.15. The molecule has 0 radical (unpaired) electrons. The van der Waals surface area contributed by atoms with Crippen molar-refractivity contribution < 1.29 is 9.59 Å². The van der Waals surface area contributed by atoms with E-state index in [1.54, 1.807) is 0 Å². The first-order valence-corrected chi connectivity index (χ1v) is 11.2. The third-order valence-corrected chi connectivity index (χ3v) is 7.15. The Kier molecular flexibility index (Phi) is 5.24. The highest BCUT2D eigenvalue weighted by atomic mass is 16.2. The lowest BCUT2D eigenvalue weighted by Gasteiger charge is -2.41. The zero-order chi connectivity index (χ0) is 20.1. The van der Waals surface area contributed by atoms with Crippen LogP contribution in [-0.2, 0) is 9.59 Å². The normalized spacial score (nSPS) is 31.2. The molecular weight excluding hydrogens is 352 g/mol. The molecule has 3 saturated heterocycles. The Bertz CT molecular complexity index is 589. The molecule has 28 heavy (non-hydrogen) atoms. The number of nitrogens with one attached hydrogen (secondary N) is 1. The Balaban J connectivity index is 1.39. The molecule has 1 spiro atoms. The van der Waals surface area contributed by atoms with E-state index < -0.39 is 0 Å². The molecule has 3 aliphatic heterocycles. The summed E-state index contributed by atoms with van der Waals surface area (Å²) in [6, 6.07) is -0.0165. The smallest absolute Gasteiger partial charge is 0.243 e. The van der Waals surface area contributed by atoms with Gasteiger partial charge >= 0.3 is 0 Å². The monoisotopic (exact) mass is 390 g/mol. The maximum Gasteiger partial charge on any atom is 0.243 e. The summed E-state index contributed by atoms with van der Waals surface area (Å²) in [4.78, 5) is 33.0. The van der Waals surface area contributed by atoms with Gasteiger partial charge in [0, 0.05) is 38.8 Å². The lowest BCUT2D eigenvalue weighted by Crippen LogP contribution is -2.56. The minimum atomic E-state index is -0.314. The van der Waals surface area contributed by atoms with Crippen molar-refractivity contribution in [3.63, 3.8) is 0 Å². The number of piperidine rings is 1. The second-order valence-corrected chi connectivity index (χ2v) is 11.1. The molecule has 0 aromatic heterocycles. The average Bonchev–Trinajstić information content (AvgIpc) is 3.29. The van der Waals surface area contributed by atoms with Gasteiger partial charge in [0.15, 0.2) is 0 Å². The van der Waals surface area contributed by atoms with Crippen LogP contribution in [-0.4, -0.2) is 83.9 Å². The number of likely N-dealkylation sites (tertiary alicyclic amines) is 1. The van der Waals surface area contributed by atoms with Crippen LogP contribution in [0.2, 0.25) is 0 Å². The third kappa shape index (κ3) is 4.38. The zero-order valence-corrected chi connectivity index (χ0v) is 18.2. The molecule has 6 nitrogen and oxygen atoms in total. The Morgan fingerprint density at radius 1 is 1.18 bits per heavy atom. The SMILES string of the molecule is CN(CC(C)(C)C)[C@H]1C[C@H]2C(=O)NC3(CCN(CC4CC4)CC3)CC(=O)N2C1. The number of nitrogens with zero attached hydrogens (tertiary/aromatic N) is 3. The first-order chi connectivity index (χ1) is 13.1. The summed E-state index contributed by atoms with van der Waals surface area (Å²) >= 11 is 0. The quantitative estimate of drug-likeness (QED) is 0.794. The molecule has 1 N–H and O–H groups in total. The first-order valence-electron chi connectivity index (χ1n) is 11.2. The predicted molar refractivity (Wildman–Crippen MR) is 110 cm³/mol. The fourth-order valence-corrected chi connectivity index (χ4v) is 5.45. The van der Waals surface area contributed by atoms with Crippen LogP contribution in [0.25, 0.3) is 0 Å². The topological polar surface area (TPSA) is 55.9 Å². The Labute approximate surface area is 170 Å². The summed E-state index contributed by atoms with van der Waals surface area (Å²) in [5, 5.41) is 3.35. The Hall–Kier alpha value is -1.14. The van der Waals surface area contributed by atoms with Crippen molar-refractivity contribution in [1.29, 1.82) is 0 Å². The minimum absolute atomic E-state index is 0.0770. The molecule has 4 aliphatic rings. The Morgan fingerprint density at radius 2 is 1.86 bits per heavy atom. The van der Waals surface area contributed by atoms with E-state index in [1.807, 2.05) is 4.90 Å². The second-order valence-electron chi connectivity index (χ2n) is 11.1. The van der Waals surface area contributed by atoms with Crippen LogP contribution in [0.3, 0.4) is 0 Å².